The molecule has 3 aromatic rings. The topological polar surface area (TPSA) is 65.4 Å². The van der Waals surface area contributed by atoms with Crippen LogP contribution in [-0.2, 0) is 0 Å². The largest absolute Gasteiger partial charge is 0.423 e. The molecular weight excluding hydrogens is 280 g/mol. The summed E-state index contributed by atoms with van der Waals surface area (Å²) in [4.78, 5) is 23.1. The molecule has 0 saturated carbocycles. The van der Waals surface area contributed by atoms with Crippen LogP contribution in [0.2, 0.25) is 0 Å². The van der Waals surface area contributed by atoms with E-state index in [1.807, 2.05) is 30.3 Å². The van der Waals surface area contributed by atoms with Gasteiger partial charge in [0.15, 0.2) is 5.58 Å². The highest BCUT2D eigenvalue weighted by Crippen LogP contribution is 2.23. The van der Waals surface area contributed by atoms with Crippen molar-refractivity contribution in [2.24, 2.45) is 0 Å². The molecular formula is C16H16N4O2. The number of hydrogen-bond donors (Lipinski definition) is 1. The molecule has 1 aliphatic rings. The van der Waals surface area contributed by atoms with Crippen LogP contribution >= 0.6 is 0 Å². The van der Waals surface area contributed by atoms with Crippen LogP contribution in [-0.4, -0.2) is 36.1 Å². The molecule has 0 radical (unpaired) electrons. The van der Waals surface area contributed by atoms with E-state index in [4.69, 9.17) is 4.42 Å². The summed E-state index contributed by atoms with van der Waals surface area (Å²) in [7, 11) is 0. The van der Waals surface area contributed by atoms with Crippen LogP contribution in [0.3, 0.4) is 0 Å². The van der Waals surface area contributed by atoms with Crippen molar-refractivity contribution in [3.8, 4) is 0 Å². The third-order valence-electron chi connectivity index (χ3n) is 3.93. The SMILES string of the molecule is O=c1cccc(N2CCN(c3nc4ccccc4o3)CC2)[nH]1. The lowest BCUT2D eigenvalue weighted by Gasteiger charge is -2.34. The van der Waals surface area contributed by atoms with Gasteiger partial charge in [-0.15, -0.1) is 0 Å². The highest BCUT2D eigenvalue weighted by atomic mass is 16.4. The first-order valence-corrected chi connectivity index (χ1v) is 7.34. The molecule has 1 aromatic carbocycles. The Morgan fingerprint density at radius 2 is 1.73 bits per heavy atom. The van der Waals surface area contributed by atoms with E-state index in [-0.39, 0.29) is 5.56 Å². The minimum atomic E-state index is -0.0705. The van der Waals surface area contributed by atoms with E-state index >= 15 is 0 Å². The lowest BCUT2D eigenvalue weighted by molar-refractivity contribution is 0.540. The van der Waals surface area contributed by atoms with Gasteiger partial charge >= 0.3 is 0 Å². The van der Waals surface area contributed by atoms with Crippen LogP contribution in [0.5, 0.6) is 0 Å². The van der Waals surface area contributed by atoms with Crippen molar-refractivity contribution in [3.05, 3.63) is 52.8 Å². The van der Waals surface area contributed by atoms with Crippen LogP contribution in [0.15, 0.2) is 51.7 Å². The van der Waals surface area contributed by atoms with Crippen molar-refractivity contribution in [1.29, 1.82) is 0 Å². The molecule has 1 aliphatic heterocycles. The summed E-state index contributed by atoms with van der Waals surface area (Å²) in [6.07, 6.45) is 0. The Kier molecular flexibility index (Phi) is 3.07. The molecule has 22 heavy (non-hydrogen) atoms. The van der Waals surface area contributed by atoms with Crippen LogP contribution in [0, 0.1) is 0 Å². The predicted molar refractivity (Wildman–Crippen MR) is 85.5 cm³/mol. The molecule has 0 bridgehead atoms. The Labute approximate surface area is 127 Å². The van der Waals surface area contributed by atoms with Crippen molar-refractivity contribution >= 4 is 22.9 Å². The fraction of sp³-hybridized carbons (Fsp3) is 0.250. The Morgan fingerprint density at radius 3 is 2.50 bits per heavy atom. The van der Waals surface area contributed by atoms with Gasteiger partial charge in [-0.1, -0.05) is 18.2 Å². The Balaban J connectivity index is 1.50. The Hall–Kier alpha value is -2.76. The Morgan fingerprint density at radius 1 is 0.955 bits per heavy atom. The fourth-order valence-electron chi connectivity index (χ4n) is 2.75. The van der Waals surface area contributed by atoms with Crippen LogP contribution in [0.25, 0.3) is 11.1 Å². The number of piperazine rings is 1. The summed E-state index contributed by atoms with van der Waals surface area (Å²) < 4.78 is 5.81. The van der Waals surface area contributed by atoms with Crippen LogP contribution in [0.4, 0.5) is 11.8 Å². The van der Waals surface area contributed by atoms with Crippen molar-refractivity contribution in [3.63, 3.8) is 0 Å². The van der Waals surface area contributed by atoms with E-state index in [0.29, 0.717) is 6.01 Å². The van der Waals surface area contributed by atoms with E-state index in [9.17, 15) is 4.79 Å². The second-order valence-electron chi connectivity index (χ2n) is 5.34. The quantitative estimate of drug-likeness (QED) is 0.781. The monoisotopic (exact) mass is 296 g/mol. The highest BCUT2D eigenvalue weighted by molar-refractivity contribution is 5.74. The summed E-state index contributed by atoms with van der Waals surface area (Å²) in [5.74, 6) is 0.865. The van der Waals surface area contributed by atoms with Gasteiger partial charge in [0, 0.05) is 32.2 Å². The number of nitrogens with one attached hydrogen (secondary N) is 1. The Bertz CT molecular complexity index is 813. The maximum absolute atomic E-state index is 11.4. The van der Waals surface area contributed by atoms with Gasteiger partial charge in [0.05, 0.1) is 0 Å². The molecule has 1 saturated heterocycles. The number of anilines is 2. The molecule has 1 fully saturated rings. The molecule has 2 aromatic heterocycles. The van der Waals surface area contributed by atoms with Crippen LogP contribution in [0.1, 0.15) is 0 Å². The number of pyridine rings is 1. The number of H-pyrrole nitrogens is 1. The van der Waals surface area contributed by atoms with Gasteiger partial charge in [-0.2, -0.15) is 4.98 Å². The first kappa shape index (κ1) is 12.9. The lowest BCUT2D eigenvalue weighted by Crippen LogP contribution is -2.47. The van der Waals surface area contributed by atoms with Gasteiger partial charge in [-0.3, -0.25) is 4.79 Å². The molecule has 112 valence electrons. The third-order valence-corrected chi connectivity index (χ3v) is 3.93. The van der Waals surface area contributed by atoms with Gasteiger partial charge in [0.1, 0.15) is 11.3 Å². The number of para-hydroxylation sites is 2. The first-order valence-electron chi connectivity index (χ1n) is 7.34. The fourth-order valence-corrected chi connectivity index (χ4v) is 2.75. The van der Waals surface area contributed by atoms with Crippen LogP contribution < -0.4 is 15.4 Å². The standard InChI is InChI=1S/C16H16N4O2/c21-15-7-3-6-14(18-15)19-8-10-20(11-9-19)16-17-12-4-1-2-5-13(12)22-16/h1-7H,8-11H2,(H,18,21). The molecule has 0 spiro atoms. The van der Waals surface area contributed by atoms with E-state index in [2.05, 4.69) is 19.8 Å². The summed E-state index contributed by atoms with van der Waals surface area (Å²) in [6.45, 7) is 3.25. The smallest absolute Gasteiger partial charge is 0.298 e. The molecule has 6 heteroatoms. The minimum absolute atomic E-state index is 0.0705. The molecule has 4 rings (SSSR count). The first-order chi connectivity index (χ1) is 10.8. The normalized spacial score (nSPS) is 15.5. The third kappa shape index (κ3) is 2.32. The number of aromatic amines is 1. The molecule has 0 unspecified atom stereocenters. The number of benzene rings is 1. The summed E-state index contributed by atoms with van der Waals surface area (Å²) in [6, 6.07) is 13.7. The van der Waals surface area contributed by atoms with Gasteiger partial charge in [0.2, 0.25) is 5.56 Å². The van der Waals surface area contributed by atoms with E-state index < -0.39 is 0 Å². The zero-order valence-corrected chi connectivity index (χ0v) is 12.0. The van der Waals surface area contributed by atoms with Gasteiger partial charge in [-0.05, 0) is 18.2 Å². The van der Waals surface area contributed by atoms with E-state index in [1.54, 1.807) is 6.07 Å². The number of fused-ring (bicyclic) bond motifs is 1. The van der Waals surface area contributed by atoms with Gasteiger partial charge < -0.3 is 19.2 Å². The molecule has 0 atom stereocenters. The molecule has 0 amide bonds. The number of nitrogens with zero attached hydrogens (tertiary/aromatic N) is 3. The summed E-state index contributed by atoms with van der Waals surface area (Å²) >= 11 is 0. The van der Waals surface area contributed by atoms with Gasteiger partial charge in [-0.25, -0.2) is 0 Å². The maximum atomic E-state index is 11.4. The lowest BCUT2D eigenvalue weighted by atomic mass is 10.3. The zero-order chi connectivity index (χ0) is 14.9. The van der Waals surface area contributed by atoms with Gasteiger partial charge in [0.25, 0.3) is 6.01 Å². The number of rotatable bonds is 2. The maximum Gasteiger partial charge on any atom is 0.298 e. The number of aromatic nitrogens is 2. The van der Waals surface area contributed by atoms with Crippen molar-refractivity contribution < 1.29 is 4.42 Å². The average Bonchev–Trinajstić information content (AvgIpc) is 2.99. The molecule has 6 nitrogen and oxygen atoms in total. The molecule has 1 N–H and O–H groups in total. The zero-order valence-electron chi connectivity index (χ0n) is 12.0. The average molecular weight is 296 g/mol. The molecule has 0 aliphatic carbocycles. The van der Waals surface area contributed by atoms with Crippen molar-refractivity contribution in [2.75, 3.05) is 36.0 Å². The highest BCUT2D eigenvalue weighted by Gasteiger charge is 2.21. The van der Waals surface area contributed by atoms with Crippen molar-refractivity contribution in [1.82, 2.24) is 9.97 Å². The summed E-state index contributed by atoms with van der Waals surface area (Å²) in [5, 5.41) is 0. The molecule has 3 heterocycles. The second-order valence-corrected chi connectivity index (χ2v) is 5.34. The number of oxazole rings is 1. The van der Waals surface area contributed by atoms with Crippen molar-refractivity contribution in [2.45, 2.75) is 0 Å². The number of hydrogen-bond acceptors (Lipinski definition) is 5. The predicted octanol–water partition coefficient (Wildman–Crippen LogP) is 1.84. The second kappa shape index (κ2) is 5.22. The van der Waals surface area contributed by atoms with E-state index in [1.165, 1.54) is 6.07 Å². The van der Waals surface area contributed by atoms with E-state index in [0.717, 1.165) is 43.1 Å². The summed E-state index contributed by atoms with van der Waals surface area (Å²) in [5.41, 5.74) is 1.62. The minimum Gasteiger partial charge on any atom is -0.423 e.